The SMILES string of the molecule is CC(=O)O.CCC=CCCCC(=O)O. The third-order valence-electron chi connectivity index (χ3n) is 1.16. The third-order valence-corrected chi connectivity index (χ3v) is 1.16. The molecule has 82 valence electrons. The quantitative estimate of drug-likeness (QED) is 0.530. The van der Waals surface area contributed by atoms with Crippen molar-refractivity contribution in [3.63, 3.8) is 0 Å². The maximum atomic E-state index is 10.0. The van der Waals surface area contributed by atoms with Gasteiger partial charge >= 0.3 is 5.97 Å². The van der Waals surface area contributed by atoms with E-state index in [0.29, 0.717) is 0 Å². The van der Waals surface area contributed by atoms with Gasteiger partial charge in [0, 0.05) is 13.3 Å². The Morgan fingerprint density at radius 1 is 1.21 bits per heavy atom. The Kier molecular flexibility index (Phi) is 12.7. The summed E-state index contributed by atoms with van der Waals surface area (Å²) in [6.45, 7) is 3.15. The summed E-state index contributed by atoms with van der Waals surface area (Å²) in [5, 5.41) is 15.7. The van der Waals surface area contributed by atoms with Crippen LogP contribution in [0.25, 0.3) is 0 Å². The van der Waals surface area contributed by atoms with Gasteiger partial charge in [0.1, 0.15) is 0 Å². The number of unbranched alkanes of at least 4 members (excludes halogenated alkanes) is 1. The van der Waals surface area contributed by atoms with Crippen molar-refractivity contribution in [3.8, 4) is 0 Å². The van der Waals surface area contributed by atoms with E-state index in [2.05, 4.69) is 13.0 Å². The van der Waals surface area contributed by atoms with E-state index in [9.17, 15) is 4.79 Å². The van der Waals surface area contributed by atoms with E-state index in [1.165, 1.54) is 0 Å². The maximum absolute atomic E-state index is 10.0. The highest BCUT2D eigenvalue weighted by molar-refractivity contribution is 5.66. The average Bonchev–Trinajstić information content (AvgIpc) is 2.02. The molecule has 2 N–H and O–H groups in total. The van der Waals surface area contributed by atoms with Crippen LogP contribution >= 0.6 is 0 Å². The minimum Gasteiger partial charge on any atom is -0.481 e. The van der Waals surface area contributed by atoms with Gasteiger partial charge in [0.15, 0.2) is 0 Å². The van der Waals surface area contributed by atoms with Crippen molar-refractivity contribution in [2.24, 2.45) is 0 Å². The zero-order valence-corrected chi connectivity index (χ0v) is 8.69. The van der Waals surface area contributed by atoms with Crippen molar-refractivity contribution >= 4 is 11.9 Å². The summed E-state index contributed by atoms with van der Waals surface area (Å²) in [7, 11) is 0. The third kappa shape index (κ3) is 31.0. The van der Waals surface area contributed by atoms with Gasteiger partial charge in [-0.15, -0.1) is 0 Å². The lowest BCUT2D eigenvalue weighted by Crippen LogP contribution is -1.92. The zero-order chi connectivity index (χ0) is 11.4. The molecule has 0 rings (SSSR count). The van der Waals surface area contributed by atoms with E-state index in [1.54, 1.807) is 0 Å². The summed E-state index contributed by atoms with van der Waals surface area (Å²) in [4.78, 5) is 19.0. The van der Waals surface area contributed by atoms with Crippen LogP contribution in [0.15, 0.2) is 12.2 Å². The second kappa shape index (κ2) is 11.7. The Bertz CT molecular complexity index is 181. The van der Waals surface area contributed by atoms with E-state index in [-0.39, 0.29) is 6.42 Å². The fraction of sp³-hybridized carbons (Fsp3) is 0.600. The van der Waals surface area contributed by atoms with Crippen molar-refractivity contribution < 1.29 is 19.8 Å². The van der Waals surface area contributed by atoms with Gasteiger partial charge in [-0.1, -0.05) is 19.1 Å². The number of allylic oxidation sites excluding steroid dienone is 2. The van der Waals surface area contributed by atoms with Crippen molar-refractivity contribution in [2.75, 3.05) is 0 Å². The maximum Gasteiger partial charge on any atom is 0.303 e. The van der Waals surface area contributed by atoms with Crippen molar-refractivity contribution in [1.82, 2.24) is 0 Å². The summed E-state index contributed by atoms with van der Waals surface area (Å²) < 4.78 is 0. The van der Waals surface area contributed by atoms with Crippen molar-refractivity contribution in [1.29, 1.82) is 0 Å². The van der Waals surface area contributed by atoms with Crippen LogP contribution in [0.2, 0.25) is 0 Å². The Morgan fingerprint density at radius 2 is 1.71 bits per heavy atom. The Balaban J connectivity index is 0. The Hall–Kier alpha value is -1.32. The van der Waals surface area contributed by atoms with Crippen LogP contribution < -0.4 is 0 Å². The first-order chi connectivity index (χ1) is 6.50. The van der Waals surface area contributed by atoms with E-state index in [1.807, 2.05) is 6.08 Å². The molecule has 0 amide bonds. The molecule has 0 unspecified atom stereocenters. The van der Waals surface area contributed by atoms with Gasteiger partial charge in [-0.05, 0) is 19.3 Å². The average molecular weight is 202 g/mol. The number of carboxylic acids is 2. The van der Waals surface area contributed by atoms with Gasteiger partial charge < -0.3 is 10.2 Å². The lowest BCUT2D eigenvalue weighted by Gasteiger charge is -1.88. The lowest BCUT2D eigenvalue weighted by atomic mass is 10.2. The van der Waals surface area contributed by atoms with Gasteiger partial charge in [-0.25, -0.2) is 0 Å². The van der Waals surface area contributed by atoms with Crippen LogP contribution in [0.5, 0.6) is 0 Å². The smallest absolute Gasteiger partial charge is 0.303 e. The summed E-state index contributed by atoms with van der Waals surface area (Å²) in [6.07, 6.45) is 7.05. The molecule has 0 radical (unpaired) electrons. The van der Waals surface area contributed by atoms with Crippen LogP contribution in [0.4, 0.5) is 0 Å². The summed E-state index contributed by atoms with van der Waals surface area (Å²) in [5.41, 5.74) is 0. The van der Waals surface area contributed by atoms with Crippen molar-refractivity contribution in [2.45, 2.75) is 39.5 Å². The molecule has 0 aliphatic rings. The van der Waals surface area contributed by atoms with E-state index >= 15 is 0 Å². The highest BCUT2D eigenvalue weighted by Gasteiger charge is 1.92. The molecule has 4 heteroatoms. The molecule has 14 heavy (non-hydrogen) atoms. The first-order valence-corrected chi connectivity index (χ1v) is 4.57. The van der Waals surface area contributed by atoms with Crippen LogP contribution in [0, 0.1) is 0 Å². The molecule has 0 saturated heterocycles. The van der Waals surface area contributed by atoms with E-state index < -0.39 is 11.9 Å². The second-order valence-corrected chi connectivity index (χ2v) is 2.68. The molecular weight excluding hydrogens is 184 g/mol. The molecule has 0 heterocycles. The lowest BCUT2D eigenvalue weighted by molar-refractivity contribution is -0.137. The number of rotatable bonds is 5. The molecular formula is C10H18O4. The molecule has 0 bridgehead atoms. The van der Waals surface area contributed by atoms with Gasteiger partial charge in [-0.3, -0.25) is 9.59 Å². The minimum absolute atomic E-state index is 0.286. The summed E-state index contributed by atoms with van der Waals surface area (Å²) in [5.74, 6) is -1.54. The molecule has 0 aliphatic heterocycles. The predicted molar refractivity (Wildman–Crippen MR) is 54.2 cm³/mol. The van der Waals surface area contributed by atoms with Crippen LogP contribution in [-0.4, -0.2) is 22.2 Å². The van der Waals surface area contributed by atoms with Gasteiger partial charge in [-0.2, -0.15) is 0 Å². The largest absolute Gasteiger partial charge is 0.481 e. The molecule has 0 fully saturated rings. The van der Waals surface area contributed by atoms with E-state index in [4.69, 9.17) is 15.0 Å². The number of carboxylic acid groups (broad SMARTS) is 2. The van der Waals surface area contributed by atoms with E-state index in [0.717, 1.165) is 26.2 Å². The molecule has 0 saturated carbocycles. The van der Waals surface area contributed by atoms with Gasteiger partial charge in [0.05, 0.1) is 0 Å². The van der Waals surface area contributed by atoms with Gasteiger partial charge in [0.25, 0.3) is 5.97 Å². The predicted octanol–water partition coefficient (Wildman–Crippen LogP) is 2.30. The first kappa shape index (κ1) is 15.2. The highest BCUT2D eigenvalue weighted by atomic mass is 16.4. The van der Waals surface area contributed by atoms with Crippen molar-refractivity contribution in [3.05, 3.63) is 12.2 Å². The van der Waals surface area contributed by atoms with Gasteiger partial charge in [0.2, 0.25) is 0 Å². The summed E-state index contributed by atoms with van der Waals surface area (Å²) in [6, 6.07) is 0. The number of hydrogen-bond donors (Lipinski definition) is 2. The molecule has 4 nitrogen and oxygen atoms in total. The Morgan fingerprint density at radius 3 is 2.07 bits per heavy atom. The summed E-state index contributed by atoms with van der Waals surface area (Å²) >= 11 is 0. The first-order valence-electron chi connectivity index (χ1n) is 4.57. The highest BCUT2D eigenvalue weighted by Crippen LogP contribution is 1.96. The fourth-order valence-corrected chi connectivity index (χ4v) is 0.656. The fourth-order valence-electron chi connectivity index (χ4n) is 0.656. The minimum atomic E-state index is -0.833. The molecule has 0 atom stereocenters. The molecule has 0 aromatic carbocycles. The molecule has 0 aromatic heterocycles. The standard InChI is InChI=1S/C8H14O2.C2H4O2/c1-2-3-4-5-6-7-8(9)10;1-2(3)4/h3-4H,2,5-7H2,1H3,(H,9,10);1H3,(H,3,4). The van der Waals surface area contributed by atoms with Crippen LogP contribution in [0.3, 0.4) is 0 Å². The molecule has 0 aliphatic carbocycles. The Labute approximate surface area is 84.3 Å². The molecule has 0 spiro atoms. The number of aliphatic carboxylic acids is 2. The van der Waals surface area contributed by atoms with Crippen LogP contribution in [0.1, 0.15) is 39.5 Å². The number of carbonyl (C=O) groups is 2. The second-order valence-electron chi connectivity index (χ2n) is 2.68. The zero-order valence-electron chi connectivity index (χ0n) is 8.69. The molecule has 0 aromatic rings. The number of hydrogen-bond acceptors (Lipinski definition) is 2. The van der Waals surface area contributed by atoms with Crippen LogP contribution in [-0.2, 0) is 9.59 Å². The monoisotopic (exact) mass is 202 g/mol. The normalized spacial score (nSPS) is 9.29. The topological polar surface area (TPSA) is 74.6 Å².